The van der Waals surface area contributed by atoms with Crippen LogP contribution in [0.4, 0.5) is 13.2 Å². The maximum absolute atomic E-state index is 12.7. The van der Waals surface area contributed by atoms with E-state index in [0.29, 0.717) is 23.1 Å². The van der Waals surface area contributed by atoms with Crippen LogP contribution in [0, 0.1) is 0 Å². The van der Waals surface area contributed by atoms with Gasteiger partial charge < -0.3 is 13.8 Å². The largest absolute Gasteiger partial charge is 0.471 e. The minimum Gasteiger partial charge on any atom is -0.471 e. The van der Waals surface area contributed by atoms with E-state index in [9.17, 15) is 18.0 Å². The lowest BCUT2D eigenvalue weighted by atomic mass is 10.2. The Morgan fingerprint density at radius 1 is 1.13 bits per heavy atom. The van der Waals surface area contributed by atoms with Crippen LogP contribution in [0.15, 0.2) is 52.0 Å². The fourth-order valence-electron chi connectivity index (χ4n) is 2.81. The molecule has 0 saturated heterocycles. The van der Waals surface area contributed by atoms with Gasteiger partial charge in [-0.1, -0.05) is 11.2 Å². The summed E-state index contributed by atoms with van der Waals surface area (Å²) >= 11 is 0. The summed E-state index contributed by atoms with van der Waals surface area (Å²) in [6.45, 7) is -0.0499. The van der Waals surface area contributed by atoms with Crippen molar-refractivity contribution in [2.45, 2.75) is 12.8 Å². The molecule has 0 N–H and O–H groups in total. The van der Waals surface area contributed by atoms with Gasteiger partial charge in [0.15, 0.2) is 0 Å². The highest BCUT2D eigenvalue weighted by Crippen LogP contribution is 2.30. The maximum Gasteiger partial charge on any atom is 0.417 e. The zero-order valence-corrected chi connectivity index (χ0v) is 16.3. The molecule has 0 aliphatic carbocycles. The highest BCUT2D eigenvalue weighted by Gasteiger charge is 2.30. The van der Waals surface area contributed by atoms with Gasteiger partial charge in [-0.05, 0) is 12.1 Å². The predicted molar refractivity (Wildman–Crippen MR) is 101 cm³/mol. The number of ether oxygens (including phenoxy) is 1. The number of pyridine rings is 2. The van der Waals surface area contributed by atoms with Crippen molar-refractivity contribution in [2.24, 2.45) is 14.1 Å². The number of nitrogens with zero attached hydrogens (tertiary/aromatic N) is 6. The van der Waals surface area contributed by atoms with E-state index in [4.69, 9.17) is 9.26 Å². The molecule has 0 fully saturated rings. The van der Waals surface area contributed by atoms with Crippen molar-refractivity contribution in [3.63, 3.8) is 0 Å². The van der Waals surface area contributed by atoms with Gasteiger partial charge in [0, 0.05) is 32.4 Å². The molecule has 4 aromatic heterocycles. The normalized spacial score (nSPS) is 11.6. The number of rotatable bonds is 5. The van der Waals surface area contributed by atoms with E-state index in [0.717, 1.165) is 12.1 Å². The summed E-state index contributed by atoms with van der Waals surface area (Å²) in [6, 6.07) is 6.71. The molecule has 31 heavy (non-hydrogen) atoms. The molecule has 0 bridgehead atoms. The van der Waals surface area contributed by atoms with E-state index in [2.05, 4.69) is 20.2 Å². The zero-order valence-electron chi connectivity index (χ0n) is 16.3. The quantitative estimate of drug-likeness (QED) is 0.478. The lowest BCUT2D eigenvalue weighted by Crippen LogP contribution is -2.16. The van der Waals surface area contributed by atoms with Gasteiger partial charge in [-0.2, -0.15) is 23.3 Å². The van der Waals surface area contributed by atoms with Gasteiger partial charge in [0.1, 0.15) is 6.61 Å². The summed E-state index contributed by atoms with van der Waals surface area (Å²) in [5.74, 6) is 0.388. The molecule has 0 aliphatic rings. The third kappa shape index (κ3) is 4.04. The van der Waals surface area contributed by atoms with Crippen molar-refractivity contribution in [2.75, 3.05) is 0 Å². The molecular weight excluding hydrogens is 417 g/mol. The second kappa shape index (κ2) is 7.70. The van der Waals surface area contributed by atoms with Crippen molar-refractivity contribution in [1.29, 1.82) is 0 Å². The van der Waals surface area contributed by atoms with Gasteiger partial charge in [-0.15, -0.1) is 0 Å². The minimum absolute atomic E-state index is 0.0191. The average molecular weight is 432 g/mol. The second-order valence-electron chi connectivity index (χ2n) is 6.53. The number of aryl methyl sites for hydroxylation is 1. The Labute approximate surface area is 172 Å². The minimum atomic E-state index is -4.47. The van der Waals surface area contributed by atoms with Crippen molar-refractivity contribution < 1.29 is 22.4 Å². The van der Waals surface area contributed by atoms with E-state index in [-0.39, 0.29) is 29.8 Å². The zero-order chi connectivity index (χ0) is 22.2. The first-order valence-corrected chi connectivity index (χ1v) is 8.91. The van der Waals surface area contributed by atoms with Gasteiger partial charge >= 0.3 is 6.18 Å². The van der Waals surface area contributed by atoms with Crippen LogP contribution in [0.2, 0.25) is 0 Å². The highest BCUT2D eigenvalue weighted by atomic mass is 19.4. The Balaban J connectivity index is 1.57. The van der Waals surface area contributed by atoms with Gasteiger partial charge in [0.25, 0.3) is 11.4 Å². The number of halogens is 3. The van der Waals surface area contributed by atoms with E-state index in [1.165, 1.54) is 21.5 Å². The van der Waals surface area contributed by atoms with Crippen molar-refractivity contribution in [3.05, 3.63) is 64.3 Å². The van der Waals surface area contributed by atoms with Gasteiger partial charge in [0.2, 0.25) is 11.7 Å². The molecule has 4 rings (SSSR count). The molecular formula is C19H15F3N6O3. The first-order chi connectivity index (χ1) is 14.7. The van der Waals surface area contributed by atoms with Crippen LogP contribution in [-0.4, -0.2) is 29.5 Å². The number of hydrogen-bond donors (Lipinski definition) is 0. The van der Waals surface area contributed by atoms with Crippen LogP contribution in [0.25, 0.3) is 23.0 Å². The van der Waals surface area contributed by atoms with E-state index in [1.807, 2.05) is 0 Å². The summed E-state index contributed by atoms with van der Waals surface area (Å²) in [7, 11) is 3.26. The maximum atomic E-state index is 12.7. The summed E-state index contributed by atoms with van der Waals surface area (Å²) in [4.78, 5) is 19.8. The molecule has 0 aromatic carbocycles. The van der Waals surface area contributed by atoms with E-state index in [1.54, 1.807) is 26.2 Å². The predicted octanol–water partition coefficient (Wildman–Crippen LogP) is 2.83. The molecule has 0 saturated carbocycles. The second-order valence-corrected chi connectivity index (χ2v) is 6.53. The molecule has 9 nitrogen and oxygen atoms in total. The number of alkyl halides is 3. The van der Waals surface area contributed by atoms with Gasteiger partial charge in [0.05, 0.1) is 28.7 Å². The summed E-state index contributed by atoms with van der Waals surface area (Å²) < 4.78 is 51.7. The van der Waals surface area contributed by atoms with Crippen molar-refractivity contribution in [3.8, 4) is 28.9 Å². The molecule has 160 valence electrons. The highest BCUT2D eigenvalue weighted by molar-refractivity contribution is 5.59. The van der Waals surface area contributed by atoms with Crippen LogP contribution in [-0.2, 0) is 26.9 Å². The fourth-order valence-corrected chi connectivity index (χ4v) is 2.81. The Morgan fingerprint density at radius 3 is 2.65 bits per heavy atom. The van der Waals surface area contributed by atoms with Crippen LogP contribution in [0.1, 0.15) is 11.3 Å². The van der Waals surface area contributed by atoms with Crippen LogP contribution < -0.4 is 10.3 Å². The average Bonchev–Trinajstić information content (AvgIpc) is 3.35. The van der Waals surface area contributed by atoms with E-state index >= 15 is 0 Å². The first-order valence-electron chi connectivity index (χ1n) is 8.91. The molecule has 0 amide bonds. The molecule has 0 radical (unpaired) electrons. The lowest BCUT2D eigenvalue weighted by molar-refractivity contribution is -0.137. The molecule has 0 atom stereocenters. The number of aromatic nitrogens is 6. The molecule has 4 heterocycles. The van der Waals surface area contributed by atoms with Crippen LogP contribution >= 0.6 is 0 Å². The lowest BCUT2D eigenvalue weighted by Gasteiger charge is -2.09. The van der Waals surface area contributed by atoms with Gasteiger partial charge in [-0.3, -0.25) is 9.48 Å². The van der Waals surface area contributed by atoms with Crippen LogP contribution in [0.3, 0.4) is 0 Å². The smallest absolute Gasteiger partial charge is 0.417 e. The summed E-state index contributed by atoms with van der Waals surface area (Å²) in [5, 5.41) is 8.07. The van der Waals surface area contributed by atoms with E-state index < -0.39 is 11.7 Å². The number of hydrogen-bond acceptors (Lipinski definition) is 7. The summed E-state index contributed by atoms with van der Waals surface area (Å²) in [6.07, 6.45) is -2.27. The Hall–Kier alpha value is -3.96. The monoisotopic (exact) mass is 432 g/mol. The molecule has 0 spiro atoms. The Kier molecular flexibility index (Phi) is 5.05. The summed E-state index contributed by atoms with van der Waals surface area (Å²) in [5.41, 5.74) is 0.407. The van der Waals surface area contributed by atoms with Crippen molar-refractivity contribution >= 4 is 0 Å². The molecule has 4 aromatic rings. The Morgan fingerprint density at radius 2 is 1.94 bits per heavy atom. The van der Waals surface area contributed by atoms with Crippen molar-refractivity contribution in [1.82, 2.24) is 29.5 Å². The SMILES string of the molecule is Cn1ncc(-c2nc(-c3cccc(=O)n3C)no2)c1COc1ccc(C(F)(F)F)cn1. The molecule has 0 unspecified atom stereocenters. The third-order valence-corrected chi connectivity index (χ3v) is 4.55. The standard InChI is InChI=1S/C19H15F3N6O3/c1-27-13(4-3-5-16(27)29)17-25-18(31-26-17)12-9-24-28(2)14(12)10-30-15-7-6-11(8-23-15)19(20,21)22/h3-9H,10H2,1-2H3. The first kappa shape index (κ1) is 20.3. The topological polar surface area (TPSA) is 101 Å². The molecule has 0 aliphatic heterocycles. The fraction of sp³-hybridized carbons (Fsp3) is 0.211. The third-order valence-electron chi connectivity index (χ3n) is 4.55. The molecule has 12 heteroatoms. The van der Waals surface area contributed by atoms with Gasteiger partial charge in [-0.25, -0.2) is 4.98 Å². The van der Waals surface area contributed by atoms with Crippen LogP contribution in [0.5, 0.6) is 5.88 Å². The Bertz CT molecular complexity index is 1270.